The number of ether oxygens (including phenoxy) is 1. The average molecular weight is 345 g/mol. The number of methoxy groups -OCH3 is 1. The van der Waals surface area contributed by atoms with Crippen LogP contribution in [0.4, 0.5) is 14.6 Å². The highest BCUT2D eigenvalue weighted by molar-refractivity contribution is 5.99. The summed E-state index contributed by atoms with van der Waals surface area (Å²) in [6.07, 6.45) is 1.45. The first-order valence-electron chi connectivity index (χ1n) is 6.53. The minimum absolute atomic E-state index is 0.132. The molecule has 9 heteroatoms. The van der Waals surface area contributed by atoms with E-state index in [0.717, 1.165) is 13.2 Å². The van der Waals surface area contributed by atoms with Gasteiger partial charge >= 0.3 is 5.97 Å². The summed E-state index contributed by atoms with van der Waals surface area (Å²) in [6, 6.07) is 0. The van der Waals surface area contributed by atoms with E-state index in [4.69, 9.17) is 11.6 Å². The molecule has 23 heavy (non-hydrogen) atoms. The van der Waals surface area contributed by atoms with Gasteiger partial charge in [0.05, 0.1) is 19.1 Å². The first kappa shape index (κ1) is 17.0. The number of hydrogen-bond donors (Lipinski definition) is 1. The third kappa shape index (κ3) is 3.89. The third-order valence-electron chi connectivity index (χ3n) is 3.05. The largest absolute Gasteiger partial charge is 0.464 e. The van der Waals surface area contributed by atoms with Crippen molar-refractivity contribution in [3.8, 4) is 0 Å². The fraction of sp³-hybridized carbons (Fsp3) is 0.286. The molecule has 1 aromatic rings. The van der Waals surface area contributed by atoms with Crippen molar-refractivity contribution in [1.82, 2.24) is 9.97 Å². The number of carbonyl (C=O) groups is 2. The molecular formula is C14H13ClF2N3O3+. The summed E-state index contributed by atoms with van der Waals surface area (Å²) in [5.74, 6) is -2.34. The van der Waals surface area contributed by atoms with Gasteiger partial charge in [-0.3, -0.25) is 4.79 Å². The summed E-state index contributed by atoms with van der Waals surface area (Å²) < 4.78 is 31.7. The van der Waals surface area contributed by atoms with E-state index in [1.54, 1.807) is 0 Å². The van der Waals surface area contributed by atoms with Crippen LogP contribution in [0.15, 0.2) is 34.9 Å². The summed E-state index contributed by atoms with van der Waals surface area (Å²) in [6.45, 7) is 0. The zero-order chi connectivity index (χ0) is 17.0. The van der Waals surface area contributed by atoms with Gasteiger partial charge in [-0.15, -0.1) is 0 Å². The Kier molecular flexibility index (Phi) is 5.38. The lowest BCUT2D eigenvalue weighted by Gasteiger charge is -2.12. The van der Waals surface area contributed by atoms with E-state index in [0.29, 0.717) is 0 Å². The molecule has 0 aromatic carbocycles. The van der Waals surface area contributed by atoms with Gasteiger partial charge in [0.2, 0.25) is 10.9 Å². The normalized spacial score (nSPS) is 17.6. The summed E-state index contributed by atoms with van der Waals surface area (Å²) in [7, 11) is 1.15. The molecule has 1 aliphatic rings. The Labute approximate surface area is 135 Å². The van der Waals surface area contributed by atoms with Crippen molar-refractivity contribution in [3.63, 3.8) is 0 Å². The lowest BCUT2D eigenvalue weighted by molar-refractivity contribution is -0.317. The number of amides is 1. The molecule has 0 saturated carbocycles. The molecule has 2 rings (SSSR count). The molecule has 0 aliphatic heterocycles. The lowest BCUT2D eigenvalue weighted by atomic mass is 10.0. The number of esters is 1. The number of carbonyl (C=O) groups excluding carboxylic acids is 2. The summed E-state index contributed by atoms with van der Waals surface area (Å²) in [5.41, 5.74) is -0.376. The second-order valence-corrected chi connectivity index (χ2v) is 5.01. The van der Waals surface area contributed by atoms with E-state index in [-0.39, 0.29) is 28.5 Å². The van der Waals surface area contributed by atoms with E-state index >= 15 is 0 Å². The third-order valence-corrected chi connectivity index (χ3v) is 3.55. The highest BCUT2D eigenvalue weighted by Gasteiger charge is 2.31. The van der Waals surface area contributed by atoms with Gasteiger partial charge in [-0.2, -0.15) is 0 Å². The lowest BCUT2D eigenvalue weighted by Crippen LogP contribution is -2.20. The predicted molar refractivity (Wildman–Crippen MR) is 73.7 cm³/mol. The van der Waals surface area contributed by atoms with Gasteiger partial charge in [-0.05, 0) is 6.08 Å². The van der Waals surface area contributed by atoms with E-state index in [1.807, 2.05) is 0 Å². The molecule has 6 nitrogen and oxygen atoms in total. The van der Waals surface area contributed by atoms with Crippen LogP contribution < -0.4 is 5.32 Å². The van der Waals surface area contributed by atoms with Crippen LogP contribution in [0.1, 0.15) is 23.3 Å². The van der Waals surface area contributed by atoms with E-state index < -0.39 is 30.3 Å². The molecule has 1 heterocycles. The second-order valence-electron chi connectivity index (χ2n) is 4.57. The van der Waals surface area contributed by atoms with Crippen LogP contribution >= 0.6 is 0 Å². The second kappa shape index (κ2) is 7.28. The van der Waals surface area contributed by atoms with Crippen molar-refractivity contribution in [2.75, 3.05) is 12.4 Å². The van der Waals surface area contributed by atoms with Crippen molar-refractivity contribution >= 4 is 17.7 Å². The molecule has 122 valence electrons. The van der Waals surface area contributed by atoms with Crippen LogP contribution in [0.3, 0.4) is 0 Å². The number of alkyl halides is 1. The van der Waals surface area contributed by atoms with Crippen LogP contribution in [-0.2, 0) is 9.53 Å². The monoisotopic (exact) mass is 344 g/mol. The molecule has 1 amide bonds. The number of hydrogen-bond acceptors (Lipinski definition) is 5. The Morgan fingerprint density at radius 2 is 2.13 bits per heavy atom. The zero-order valence-electron chi connectivity index (χ0n) is 12.0. The molecule has 0 spiro atoms. The van der Waals surface area contributed by atoms with Crippen molar-refractivity contribution in [2.45, 2.75) is 19.0 Å². The standard InChI is InChI=1S/C14H12ClF2N3O3/c1-23-14(22)12-13(19-5-4-18-12)20-10(21)6-7-8(16)2-3-9(17)11(7)15/h2,4-5,9,15H,3,6H2,1H3/p+1. The first-order chi connectivity index (χ1) is 10.9. The minimum Gasteiger partial charge on any atom is -0.464 e. The summed E-state index contributed by atoms with van der Waals surface area (Å²) >= 11 is 4.82. The van der Waals surface area contributed by atoms with Crippen LogP contribution in [0, 0.1) is 11.6 Å². The van der Waals surface area contributed by atoms with Gasteiger partial charge in [0, 0.05) is 18.8 Å². The number of rotatable bonds is 4. The Hall–Kier alpha value is -2.35. The number of allylic oxidation sites excluding steroid dienone is 3. The highest BCUT2D eigenvalue weighted by Crippen LogP contribution is 2.30. The average Bonchev–Trinajstić information content (AvgIpc) is 2.55. The van der Waals surface area contributed by atoms with Gasteiger partial charge < -0.3 is 10.1 Å². The van der Waals surface area contributed by atoms with E-state index in [1.165, 1.54) is 12.4 Å². The molecule has 0 saturated heterocycles. The van der Waals surface area contributed by atoms with Crippen LogP contribution in [-0.4, -0.2) is 35.1 Å². The Morgan fingerprint density at radius 1 is 1.43 bits per heavy atom. The molecule has 1 atom stereocenters. The fourth-order valence-electron chi connectivity index (χ4n) is 1.93. The smallest absolute Gasteiger partial charge is 0.360 e. The van der Waals surface area contributed by atoms with E-state index in [2.05, 4.69) is 20.0 Å². The summed E-state index contributed by atoms with van der Waals surface area (Å²) in [5, 5.41) is 2.09. The number of nitrogens with zero attached hydrogens (tertiary/aromatic N) is 2. The maximum Gasteiger partial charge on any atom is 0.360 e. The van der Waals surface area contributed by atoms with Gasteiger partial charge in [0.1, 0.15) is 5.83 Å². The molecule has 1 aliphatic carbocycles. The van der Waals surface area contributed by atoms with Crippen molar-refractivity contribution in [2.24, 2.45) is 0 Å². The summed E-state index contributed by atoms with van der Waals surface area (Å²) in [4.78, 5) is 31.1. The van der Waals surface area contributed by atoms with Gasteiger partial charge in [0.15, 0.2) is 29.3 Å². The Balaban J connectivity index is 2.16. The molecule has 0 radical (unpaired) electrons. The number of nitrogens with one attached hydrogen (secondary N) is 1. The first-order valence-corrected chi connectivity index (χ1v) is 6.94. The van der Waals surface area contributed by atoms with Crippen LogP contribution in [0.25, 0.3) is 0 Å². The van der Waals surface area contributed by atoms with Crippen LogP contribution in [0.5, 0.6) is 0 Å². The molecule has 1 unspecified atom stereocenters. The van der Waals surface area contributed by atoms with Crippen LogP contribution in [0.2, 0.25) is 0 Å². The zero-order valence-corrected chi connectivity index (χ0v) is 12.8. The molecular weight excluding hydrogens is 332 g/mol. The van der Waals surface area contributed by atoms with E-state index in [9.17, 15) is 18.4 Å². The SMILES string of the molecule is COC(=O)c1nccnc1NC(=O)CC1=C([ClH+])C(F)CC=C1F. The van der Waals surface area contributed by atoms with Gasteiger partial charge in [0.25, 0.3) is 0 Å². The Morgan fingerprint density at radius 3 is 2.83 bits per heavy atom. The minimum atomic E-state index is -1.49. The predicted octanol–water partition coefficient (Wildman–Crippen LogP) is 1.72. The molecule has 0 fully saturated rings. The highest BCUT2D eigenvalue weighted by atomic mass is 35.5. The fourth-order valence-corrected chi connectivity index (χ4v) is 2.19. The maximum atomic E-state index is 13.7. The van der Waals surface area contributed by atoms with Crippen molar-refractivity contribution in [3.05, 3.63) is 40.6 Å². The number of aromatic nitrogens is 2. The Bertz CT molecular complexity index is 706. The molecule has 1 N–H and O–H groups in total. The molecule has 1 aromatic heterocycles. The van der Waals surface area contributed by atoms with Crippen molar-refractivity contribution in [1.29, 1.82) is 0 Å². The maximum absolute atomic E-state index is 13.7. The topological polar surface area (TPSA) is 81.2 Å². The number of halogens is 3. The van der Waals surface area contributed by atoms with Gasteiger partial charge in [-0.25, -0.2) is 23.5 Å². The quantitative estimate of drug-likeness (QED) is 0.841. The number of anilines is 1. The van der Waals surface area contributed by atoms with Gasteiger partial charge in [-0.1, -0.05) is 0 Å². The molecule has 0 bridgehead atoms. The van der Waals surface area contributed by atoms with Crippen molar-refractivity contribution < 1.29 is 34.7 Å².